The van der Waals surface area contributed by atoms with Crippen molar-refractivity contribution in [1.29, 1.82) is 0 Å². The maximum Gasteiger partial charge on any atom is 0.325 e. The van der Waals surface area contributed by atoms with Crippen molar-refractivity contribution in [3.8, 4) is 11.5 Å². The molecule has 0 bridgehead atoms. The van der Waals surface area contributed by atoms with Gasteiger partial charge in [-0.05, 0) is 37.1 Å². The third-order valence-electron chi connectivity index (χ3n) is 5.05. The summed E-state index contributed by atoms with van der Waals surface area (Å²) in [5, 5.41) is 2.90. The number of carbonyl (C=O) groups excluding carboxylic acids is 2. The number of nitrogens with zero attached hydrogens (tertiary/aromatic N) is 1. The molecule has 2 aromatic carbocycles. The largest absolute Gasteiger partial charge is 0.497 e. The fourth-order valence-electron chi connectivity index (χ4n) is 3.49. The lowest BCUT2D eigenvalue weighted by Crippen LogP contribution is -2.43. The number of urea groups is 1. The summed E-state index contributed by atoms with van der Waals surface area (Å²) in [5.41, 5.74) is 1.50. The lowest BCUT2D eigenvalue weighted by atomic mass is 9.87. The molecule has 0 saturated carbocycles. The molecule has 1 aliphatic heterocycles. The van der Waals surface area contributed by atoms with Crippen LogP contribution in [0.2, 0.25) is 0 Å². The molecule has 1 N–H and O–H groups in total. The maximum absolute atomic E-state index is 13.3. The van der Waals surface area contributed by atoms with Crippen LogP contribution in [0.5, 0.6) is 11.5 Å². The Kier molecular flexibility index (Phi) is 5.08. The van der Waals surface area contributed by atoms with Crippen molar-refractivity contribution >= 4 is 11.9 Å². The molecule has 0 aromatic heterocycles. The van der Waals surface area contributed by atoms with Crippen LogP contribution in [0.15, 0.2) is 42.5 Å². The van der Waals surface area contributed by atoms with Gasteiger partial charge in [0.1, 0.15) is 17.0 Å². The quantitative estimate of drug-likeness (QED) is 0.794. The topological polar surface area (TPSA) is 67.9 Å². The minimum atomic E-state index is -1.07. The molecule has 1 atom stereocenters. The summed E-state index contributed by atoms with van der Waals surface area (Å²) in [6, 6.07) is 12.5. The number of ether oxygens (including phenoxy) is 2. The molecule has 0 spiro atoms. The second-order valence-corrected chi connectivity index (χ2v) is 6.62. The highest BCUT2D eigenvalue weighted by molar-refractivity contribution is 6.07. The molecule has 0 unspecified atom stereocenters. The SMILES string of the molecule is CC[C@]1(c2ccc(OC)cc2)NC(=O)N(Cc2cc(C)ccc2OC)C1=O. The number of carbonyl (C=O) groups is 2. The summed E-state index contributed by atoms with van der Waals surface area (Å²) >= 11 is 0. The van der Waals surface area contributed by atoms with Gasteiger partial charge in [-0.3, -0.25) is 9.69 Å². The van der Waals surface area contributed by atoms with E-state index in [1.54, 1.807) is 26.4 Å². The molecule has 142 valence electrons. The number of hydrogen-bond donors (Lipinski definition) is 1. The standard InChI is InChI=1S/C21H24N2O4/c1-5-21(16-7-9-17(26-3)10-8-16)19(24)23(20(25)22-21)13-15-12-14(2)6-11-18(15)27-4/h6-12H,5,13H2,1-4H3,(H,22,25)/t21-/m1/s1. The molecular weight excluding hydrogens is 344 g/mol. The molecule has 0 aliphatic carbocycles. The van der Waals surface area contributed by atoms with Crippen LogP contribution in [0.25, 0.3) is 0 Å². The van der Waals surface area contributed by atoms with Crippen LogP contribution >= 0.6 is 0 Å². The van der Waals surface area contributed by atoms with Crippen molar-refractivity contribution in [3.05, 3.63) is 59.2 Å². The van der Waals surface area contributed by atoms with E-state index < -0.39 is 11.6 Å². The lowest BCUT2D eigenvalue weighted by molar-refractivity contribution is -0.132. The Morgan fingerprint density at radius 3 is 2.33 bits per heavy atom. The molecule has 2 aromatic rings. The van der Waals surface area contributed by atoms with E-state index in [1.807, 2.05) is 44.2 Å². The van der Waals surface area contributed by atoms with Crippen LogP contribution in [0.4, 0.5) is 4.79 Å². The number of aryl methyl sites for hydroxylation is 1. The van der Waals surface area contributed by atoms with Gasteiger partial charge < -0.3 is 14.8 Å². The number of amides is 3. The predicted molar refractivity (Wildman–Crippen MR) is 102 cm³/mol. The normalized spacial score (nSPS) is 19.2. The number of imide groups is 1. The fraction of sp³-hybridized carbons (Fsp3) is 0.333. The Labute approximate surface area is 159 Å². The minimum absolute atomic E-state index is 0.160. The predicted octanol–water partition coefficient (Wildman–Crippen LogP) is 3.37. The smallest absolute Gasteiger partial charge is 0.325 e. The summed E-state index contributed by atoms with van der Waals surface area (Å²) in [5.74, 6) is 1.09. The van der Waals surface area contributed by atoms with Crippen LogP contribution in [-0.4, -0.2) is 31.1 Å². The summed E-state index contributed by atoms with van der Waals surface area (Å²) in [4.78, 5) is 27.2. The first kappa shape index (κ1) is 18.8. The molecule has 1 fully saturated rings. The molecule has 0 radical (unpaired) electrons. The minimum Gasteiger partial charge on any atom is -0.497 e. The zero-order valence-corrected chi connectivity index (χ0v) is 16.0. The van der Waals surface area contributed by atoms with Crippen molar-refractivity contribution in [2.24, 2.45) is 0 Å². The van der Waals surface area contributed by atoms with E-state index in [9.17, 15) is 9.59 Å². The molecule has 3 amide bonds. The molecule has 6 nitrogen and oxygen atoms in total. The monoisotopic (exact) mass is 368 g/mol. The van der Waals surface area contributed by atoms with Crippen molar-refractivity contribution in [1.82, 2.24) is 10.2 Å². The molecule has 1 heterocycles. The highest BCUT2D eigenvalue weighted by atomic mass is 16.5. The Morgan fingerprint density at radius 2 is 1.74 bits per heavy atom. The van der Waals surface area contributed by atoms with Crippen LogP contribution < -0.4 is 14.8 Å². The van der Waals surface area contributed by atoms with Gasteiger partial charge in [0.05, 0.1) is 20.8 Å². The van der Waals surface area contributed by atoms with E-state index in [0.29, 0.717) is 17.9 Å². The van der Waals surface area contributed by atoms with Gasteiger partial charge in [0, 0.05) is 5.56 Å². The number of methoxy groups -OCH3 is 2. The van der Waals surface area contributed by atoms with Gasteiger partial charge >= 0.3 is 6.03 Å². The van der Waals surface area contributed by atoms with Crippen LogP contribution in [0.3, 0.4) is 0 Å². The van der Waals surface area contributed by atoms with Crippen LogP contribution in [0, 0.1) is 6.92 Å². The number of hydrogen-bond acceptors (Lipinski definition) is 4. The van der Waals surface area contributed by atoms with Crippen molar-refractivity contribution in [2.75, 3.05) is 14.2 Å². The Balaban J connectivity index is 1.94. The molecule has 6 heteroatoms. The zero-order chi connectivity index (χ0) is 19.6. The molecular formula is C21H24N2O4. The second-order valence-electron chi connectivity index (χ2n) is 6.62. The first-order valence-corrected chi connectivity index (χ1v) is 8.87. The number of benzene rings is 2. The van der Waals surface area contributed by atoms with Gasteiger partial charge in [-0.1, -0.05) is 36.8 Å². The van der Waals surface area contributed by atoms with E-state index >= 15 is 0 Å². The Morgan fingerprint density at radius 1 is 1.04 bits per heavy atom. The van der Waals surface area contributed by atoms with Crippen molar-refractivity contribution in [3.63, 3.8) is 0 Å². The van der Waals surface area contributed by atoms with Crippen LogP contribution in [-0.2, 0) is 16.9 Å². The van der Waals surface area contributed by atoms with Gasteiger partial charge in [0.15, 0.2) is 0 Å². The summed E-state index contributed by atoms with van der Waals surface area (Å²) in [6.45, 7) is 4.01. The molecule has 1 aliphatic rings. The van der Waals surface area contributed by atoms with Gasteiger partial charge in [0.25, 0.3) is 5.91 Å². The van der Waals surface area contributed by atoms with E-state index in [0.717, 1.165) is 16.7 Å². The van der Waals surface area contributed by atoms with E-state index in [1.165, 1.54) is 4.90 Å². The van der Waals surface area contributed by atoms with E-state index in [4.69, 9.17) is 9.47 Å². The van der Waals surface area contributed by atoms with Crippen molar-refractivity contribution in [2.45, 2.75) is 32.4 Å². The van der Waals surface area contributed by atoms with Gasteiger partial charge in [-0.15, -0.1) is 0 Å². The van der Waals surface area contributed by atoms with Crippen LogP contribution in [0.1, 0.15) is 30.0 Å². The average Bonchev–Trinajstić information content (AvgIpc) is 2.93. The summed E-state index contributed by atoms with van der Waals surface area (Å²) in [7, 11) is 3.16. The summed E-state index contributed by atoms with van der Waals surface area (Å²) in [6.07, 6.45) is 0.450. The zero-order valence-electron chi connectivity index (χ0n) is 16.0. The third-order valence-corrected chi connectivity index (χ3v) is 5.05. The van der Waals surface area contributed by atoms with Gasteiger partial charge in [0.2, 0.25) is 0 Å². The Hall–Kier alpha value is -3.02. The first-order valence-electron chi connectivity index (χ1n) is 8.87. The number of rotatable bonds is 6. The molecule has 1 saturated heterocycles. The lowest BCUT2D eigenvalue weighted by Gasteiger charge is -2.26. The van der Waals surface area contributed by atoms with Gasteiger partial charge in [-0.2, -0.15) is 0 Å². The maximum atomic E-state index is 13.3. The van der Waals surface area contributed by atoms with Gasteiger partial charge in [-0.25, -0.2) is 4.79 Å². The molecule has 3 rings (SSSR count). The molecule has 27 heavy (non-hydrogen) atoms. The average molecular weight is 368 g/mol. The second kappa shape index (κ2) is 7.31. The third kappa shape index (κ3) is 3.23. The van der Waals surface area contributed by atoms with E-state index in [-0.39, 0.29) is 12.5 Å². The Bertz CT molecular complexity index is 863. The van der Waals surface area contributed by atoms with Crippen molar-refractivity contribution < 1.29 is 19.1 Å². The fourth-order valence-corrected chi connectivity index (χ4v) is 3.49. The highest BCUT2D eigenvalue weighted by Gasteiger charge is 2.51. The highest BCUT2D eigenvalue weighted by Crippen LogP contribution is 2.35. The first-order chi connectivity index (χ1) is 12.9. The van der Waals surface area contributed by atoms with E-state index in [2.05, 4.69) is 5.32 Å². The number of nitrogens with one attached hydrogen (secondary N) is 1. The summed E-state index contributed by atoms with van der Waals surface area (Å²) < 4.78 is 10.6.